The smallest absolute Gasteiger partial charge is 0.377 e. The molecule has 138 valence electrons. The maximum Gasteiger partial charge on any atom is 0.377 e. The van der Waals surface area contributed by atoms with Crippen LogP contribution in [0.3, 0.4) is 0 Å². The summed E-state index contributed by atoms with van der Waals surface area (Å²) in [4.78, 5) is 45.4. The number of phenolic OH excluding ortho intramolecular Hbond substituents is 1. The Morgan fingerprint density at radius 2 is 1.48 bits per heavy atom. The number of aliphatic carboxylic acids is 2. The van der Waals surface area contributed by atoms with Crippen molar-refractivity contribution >= 4 is 34.4 Å². The van der Waals surface area contributed by atoms with Crippen LogP contribution < -0.4 is 0 Å². The lowest BCUT2D eigenvalue weighted by Gasteiger charge is -1.97. The van der Waals surface area contributed by atoms with Gasteiger partial charge in [0, 0.05) is 23.5 Å². The minimum absolute atomic E-state index is 0.0894. The Hall–Kier alpha value is -3.94. The van der Waals surface area contributed by atoms with Crippen molar-refractivity contribution in [2.24, 2.45) is 0 Å². The second-order valence-corrected chi connectivity index (χ2v) is 5.45. The zero-order chi connectivity index (χ0) is 20.0. The van der Waals surface area contributed by atoms with E-state index in [1.807, 2.05) is 6.07 Å². The summed E-state index contributed by atoms with van der Waals surface area (Å²) in [7, 11) is 0. The molecule has 0 aliphatic carbocycles. The van der Waals surface area contributed by atoms with E-state index >= 15 is 0 Å². The molecule has 0 fully saturated rings. The molecule has 4 N–H and O–H groups in total. The molecule has 0 radical (unpaired) electrons. The van der Waals surface area contributed by atoms with Crippen LogP contribution in [0, 0.1) is 0 Å². The van der Waals surface area contributed by atoms with Crippen molar-refractivity contribution in [2.45, 2.75) is 6.42 Å². The lowest BCUT2D eigenvalue weighted by molar-refractivity contribution is -0.148. The minimum atomic E-state index is -1.44. The highest BCUT2D eigenvalue weighted by Gasteiger charge is 2.18. The average Bonchev–Trinajstić information content (AvgIpc) is 3.07. The van der Waals surface area contributed by atoms with Crippen molar-refractivity contribution in [2.75, 3.05) is 0 Å². The van der Waals surface area contributed by atoms with Crippen molar-refractivity contribution in [3.05, 3.63) is 65.9 Å². The number of benzene rings is 2. The molecule has 0 spiro atoms. The number of phenols is 1. The van der Waals surface area contributed by atoms with E-state index in [1.165, 1.54) is 30.5 Å². The Morgan fingerprint density at radius 1 is 0.852 bits per heavy atom. The molecule has 0 saturated heterocycles. The summed E-state index contributed by atoms with van der Waals surface area (Å²) in [5, 5.41) is 26.4. The standard InChI is InChI=1S/C10H7NO3.C9H8O4/c12-9(10(13)14)7-5-11-8-4-2-1-3-6(7)8;10-7-3-1-6(2-4-7)5-8(11)9(12)13/h1-5,11H,(H,13,14);1-4,10H,5H2,(H,12,13). The minimum Gasteiger partial charge on any atom is -0.508 e. The SMILES string of the molecule is O=C(O)C(=O)Cc1ccc(O)cc1.O=C(O)C(=O)c1c[nH]c2ccccc12. The third kappa shape index (κ3) is 5.02. The number of aromatic hydroxyl groups is 1. The van der Waals surface area contributed by atoms with Crippen LogP contribution in [-0.4, -0.2) is 43.8 Å². The number of rotatable bonds is 5. The van der Waals surface area contributed by atoms with Gasteiger partial charge in [-0.15, -0.1) is 0 Å². The van der Waals surface area contributed by atoms with E-state index in [1.54, 1.807) is 18.2 Å². The number of hydrogen-bond acceptors (Lipinski definition) is 5. The molecule has 27 heavy (non-hydrogen) atoms. The number of carbonyl (C=O) groups is 4. The second-order valence-electron chi connectivity index (χ2n) is 5.45. The molecule has 8 heteroatoms. The maximum absolute atomic E-state index is 11.2. The monoisotopic (exact) mass is 369 g/mol. The largest absolute Gasteiger partial charge is 0.508 e. The van der Waals surface area contributed by atoms with E-state index in [0.717, 1.165) is 5.52 Å². The van der Waals surface area contributed by atoms with E-state index in [2.05, 4.69) is 4.98 Å². The highest BCUT2D eigenvalue weighted by atomic mass is 16.4. The average molecular weight is 369 g/mol. The van der Waals surface area contributed by atoms with Crippen LogP contribution in [0.2, 0.25) is 0 Å². The summed E-state index contributed by atoms with van der Waals surface area (Å²) in [5.41, 5.74) is 1.54. The lowest BCUT2D eigenvalue weighted by atomic mass is 10.1. The molecule has 0 aliphatic heterocycles. The van der Waals surface area contributed by atoms with Crippen molar-refractivity contribution in [3.8, 4) is 5.75 Å². The van der Waals surface area contributed by atoms with E-state index in [-0.39, 0.29) is 17.7 Å². The highest BCUT2D eigenvalue weighted by Crippen LogP contribution is 2.17. The Balaban J connectivity index is 0.000000194. The number of aromatic nitrogens is 1. The molecule has 0 saturated carbocycles. The summed E-state index contributed by atoms with van der Waals surface area (Å²) in [6.07, 6.45) is 1.27. The maximum atomic E-state index is 11.2. The molecule has 2 aromatic carbocycles. The second kappa shape index (κ2) is 8.43. The van der Waals surface area contributed by atoms with Gasteiger partial charge in [0.1, 0.15) is 5.75 Å². The zero-order valence-electron chi connectivity index (χ0n) is 13.9. The molecule has 0 aliphatic rings. The van der Waals surface area contributed by atoms with Gasteiger partial charge in [0.15, 0.2) is 0 Å². The van der Waals surface area contributed by atoms with Gasteiger partial charge in [-0.3, -0.25) is 9.59 Å². The van der Waals surface area contributed by atoms with Crippen LogP contribution in [0.4, 0.5) is 0 Å². The summed E-state index contributed by atoms with van der Waals surface area (Å²) in [6, 6.07) is 12.9. The molecule has 0 bridgehead atoms. The van der Waals surface area contributed by atoms with Gasteiger partial charge in [-0.2, -0.15) is 0 Å². The van der Waals surface area contributed by atoms with E-state index < -0.39 is 23.5 Å². The number of para-hydroxylation sites is 1. The summed E-state index contributed by atoms with van der Waals surface area (Å²) < 4.78 is 0. The van der Waals surface area contributed by atoms with E-state index in [4.69, 9.17) is 15.3 Å². The Labute approximate surface area is 152 Å². The number of hydrogen-bond donors (Lipinski definition) is 4. The van der Waals surface area contributed by atoms with Crippen molar-refractivity contribution < 1.29 is 34.5 Å². The summed E-state index contributed by atoms with van der Waals surface area (Å²) in [6.45, 7) is 0. The number of nitrogens with one attached hydrogen (secondary N) is 1. The van der Waals surface area contributed by atoms with Crippen molar-refractivity contribution in [1.82, 2.24) is 4.98 Å². The van der Waals surface area contributed by atoms with Crippen molar-refractivity contribution in [3.63, 3.8) is 0 Å². The Kier molecular flexibility index (Phi) is 6.06. The first-order chi connectivity index (χ1) is 12.8. The fourth-order valence-electron chi connectivity index (χ4n) is 2.25. The molecule has 8 nitrogen and oxygen atoms in total. The molecular formula is C19H15NO7. The molecule has 1 aromatic heterocycles. The number of carboxylic acids is 2. The molecular weight excluding hydrogens is 354 g/mol. The number of fused-ring (bicyclic) bond motifs is 1. The van der Waals surface area contributed by atoms with Gasteiger partial charge in [-0.1, -0.05) is 30.3 Å². The Bertz CT molecular complexity index is 1000. The van der Waals surface area contributed by atoms with Crippen molar-refractivity contribution in [1.29, 1.82) is 0 Å². The van der Waals surface area contributed by atoms with Crippen LogP contribution in [-0.2, 0) is 20.8 Å². The van der Waals surface area contributed by atoms with Gasteiger partial charge < -0.3 is 20.3 Å². The third-order valence-corrected chi connectivity index (χ3v) is 3.57. The van der Waals surface area contributed by atoms with Gasteiger partial charge in [-0.25, -0.2) is 9.59 Å². The van der Waals surface area contributed by atoms with Gasteiger partial charge in [0.2, 0.25) is 5.78 Å². The summed E-state index contributed by atoms with van der Waals surface area (Å²) >= 11 is 0. The fraction of sp³-hybridized carbons (Fsp3) is 0.0526. The molecule has 3 aromatic rings. The first-order valence-corrected chi connectivity index (χ1v) is 7.67. The van der Waals surface area contributed by atoms with Crippen LogP contribution in [0.25, 0.3) is 10.9 Å². The molecule has 3 rings (SSSR count). The number of carboxylic acid groups (broad SMARTS) is 2. The topological polar surface area (TPSA) is 145 Å². The number of H-pyrrole nitrogens is 1. The predicted octanol–water partition coefficient (Wildman–Crippen LogP) is 2.02. The van der Waals surface area contributed by atoms with Crippen LogP contribution in [0.15, 0.2) is 54.7 Å². The molecule has 0 amide bonds. The van der Waals surface area contributed by atoms with Gasteiger partial charge in [0.05, 0.1) is 5.56 Å². The van der Waals surface area contributed by atoms with E-state index in [9.17, 15) is 19.2 Å². The van der Waals surface area contributed by atoms with Crippen LogP contribution >= 0.6 is 0 Å². The van der Waals surface area contributed by atoms with Crippen LogP contribution in [0.5, 0.6) is 5.75 Å². The van der Waals surface area contributed by atoms with Gasteiger partial charge in [0.25, 0.3) is 5.78 Å². The number of aromatic amines is 1. The first kappa shape index (κ1) is 19.4. The number of carbonyl (C=O) groups excluding carboxylic acids is 2. The van der Waals surface area contributed by atoms with Gasteiger partial charge in [-0.05, 0) is 23.8 Å². The third-order valence-electron chi connectivity index (χ3n) is 3.57. The quantitative estimate of drug-likeness (QED) is 0.398. The Morgan fingerprint density at radius 3 is 2.07 bits per heavy atom. The number of Topliss-reactive ketones (excluding diaryl/α,β-unsaturated/α-hetero) is 2. The molecule has 0 atom stereocenters. The van der Waals surface area contributed by atoms with Crippen LogP contribution in [0.1, 0.15) is 15.9 Å². The normalized spacial score (nSPS) is 9.93. The highest BCUT2D eigenvalue weighted by molar-refractivity contribution is 6.42. The lowest BCUT2D eigenvalue weighted by Crippen LogP contribution is -2.14. The first-order valence-electron chi connectivity index (χ1n) is 7.67. The fourth-order valence-corrected chi connectivity index (χ4v) is 2.25. The predicted molar refractivity (Wildman–Crippen MR) is 94.7 cm³/mol. The van der Waals surface area contributed by atoms with Gasteiger partial charge >= 0.3 is 11.9 Å². The molecule has 1 heterocycles. The van der Waals surface area contributed by atoms with E-state index in [0.29, 0.717) is 10.9 Å². The summed E-state index contributed by atoms with van der Waals surface area (Å²) in [5.74, 6) is -4.53. The number of ketones is 2. The molecule has 0 unspecified atom stereocenters. The zero-order valence-corrected chi connectivity index (χ0v) is 13.9.